The Labute approximate surface area is 118 Å². The van der Waals surface area contributed by atoms with Crippen LogP contribution in [-0.4, -0.2) is 24.1 Å². The van der Waals surface area contributed by atoms with Gasteiger partial charge < -0.3 is 10.6 Å². The average Bonchev–Trinajstić information content (AvgIpc) is 2.75. The predicted octanol–water partition coefficient (Wildman–Crippen LogP) is 1.55. The zero-order valence-corrected chi connectivity index (χ0v) is 11.6. The molecule has 0 aliphatic carbocycles. The van der Waals surface area contributed by atoms with E-state index in [-0.39, 0.29) is 11.8 Å². The highest BCUT2D eigenvalue weighted by atomic mass is 32.1. The van der Waals surface area contributed by atoms with Gasteiger partial charge in [-0.15, -0.1) is 0 Å². The molecule has 0 spiro atoms. The SMILES string of the molecule is O=C(CCCc1ccc2c(c1)CC(=O)N2)NCCS. The van der Waals surface area contributed by atoms with E-state index in [9.17, 15) is 9.59 Å². The summed E-state index contributed by atoms with van der Waals surface area (Å²) in [5.41, 5.74) is 3.15. The van der Waals surface area contributed by atoms with Crippen LogP contribution in [0.1, 0.15) is 24.0 Å². The third-order valence-corrected chi connectivity index (χ3v) is 3.32. The summed E-state index contributed by atoms with van der Waals surface area (Å²) in [7, 11) is 0. The van der Waals surface area contributed by atoms with Crippen molar-refractivity contribution in [3.05, 3.63) is 29.3 Å². The first-order chi connectivity index (χ1) is 9.19. The monoisotopic (exact) mass is 278 g/mol. The van der Waals surface area contributed by atoms with Crippen molar-refractivity contribution in [2.75, 3.05) is 17.6 Å². The van der Waals surface area contributed by atoms with Crippen molar-refractivity contribution in [1.29, 1.82) is 0 Å². The highest BCUT2D eigenvalue weighted by Gasteiger charge is 2.17. The van der Waals surface area contributed by atoms with Crippen LogP contribution in [0.3, 0.4) is 0 Å². The van der Waals surface area contributed by atoms with Crippen molar-refractivity contribution >= 4 is 30.1 Å². The van der Waals surface area contributed by atoms with Gasteiger partial charge in [0, 0.05) is 24.4 Å². The highest BCUT2D eigenvalue weighted by molar-refractivity contribution is 7.80. The fraction of sp³-hybridized carbons (Fsp3) is 0.429. The van der Waals surface area contributed by atoms with Crippen molar-refractivity contribution in [1.82, 2.24) is 5.32 Å². The molecule has 0 radical (unpaired) electrons. The van der Waals surface area contributed by atoms with Crippen LogP contribution in [0.15, 0.2) is 18.2 Å². The molecule has 1 aromatic carbocycles. The van der Waals surface area contributed by atoms with Crippen molar-refractivity contribution in [2.24, 2.45) is 0 Å². The summed E-state index contributed by atoms with van der Waals surface area (Å²) in [5.74, 6) is 0.794. The van der Waals surface area contributed by atoms with E-state index in [0.29, 0.717) is 25.1 Å². The number of hydrogen-bond acceptors (Lipinski definition) is 3. The first-order valence-electron chi connectivity index (χ1n) is 6.48. The Hall–Kier alpha value is -1.49. The Morgan fingerprint density at radius 3 is 3.05 bits per heavy atom. The molecule has 1 aromatic rings. The molecular weight excluding hydrogens is 260 g/mol. The van der Waals surface area contributed by atoms with Gasteiger partial charge in [0.05, 0.1) is 6.42 Å². The van der Waals surface area contributed by atoms with Crippen molar-refractivity contribution in [3.63, 3.8) is 0 Å². The van der Waals surface area contributed by atoms with Crippen LogP contribution >= 0.6 is 12.6 Å². The smallest absolute Gasteiger partial charge is 0.228 e. The minimum absolute atomic E-state index is 0.0540. The van der Waals surface area contributed by atoms with E-state index in [0.717, 1.165) is 24.1 Å². The third kappa shape index (κ3) is 3.99. The lowest BCUT2D eigenvalue weighted by Crippen LogP contribution is -2.24. The third-order valence-electron chi connectivity index (χ3n) is 3.10. The molecule has 2 amide bonds. The molecule has 0 saturated carbocycles. The fourth-order valence-corrected chi connectivity index (χ4v) is 2.29. The van der Waals surface area contributed by atoms with Crippen molar-refractivity contribution in [3.8, 4) is 0 Å². The van der Waals surface area contributed by atoms with Gasteiger partial charge in [0.15, 0.2) is 0 Å². The van der Waals surface area contributed by atoms with E-state index in [2.05, 4.69) is 29.3 Å². The van der Waals surface area contributed by atoms with Gasteiger partial charge in [-0.1, -0.05) is 12.1 Å². The van der Waals surface area contributed by atoms with Gasteiger partial charge in [0.1, 0.15) is 0 Å². The number of anilines is 1. The Kier molecular flexibility index (Phi) is 4.85. The van der Waals surface area contributed by atoms with Crippen molar-refractivity contribution < 1.29 is 9.59 Å². The number of aryl methyl sites for hydroxylation is 1. The Bertz CT molecular complexity index is 488. The van der Waals surface area contributed by atoms with E-state index in [4.69, 9.17) is 0 Å². The van der Waals surface area contributed by atoms with Gasteiger partial charge in [0.25, 0.3) is 0 Å². The number of amides is 2. The minimum atomic E-state index is 0.0540. The Morgan fingerprint density at radius 2 is 2.26 bits per heavy atom. The van der Waals surface area contributed by atoms with Crippen LogP contribution in [0.2, 0.25) is 0 Å². The molecule has 0 saturated heterocycles. The molecule has 1 aliphatic heterocycles. The maximum Gasteiger partial charge on any atom is 0.228 e. The molecule has 1 aliphatic rings. The van der Waals surface area contributed by atoms with Crippen LogP contribution in [0.5, 0.6) is 0 Å². The first kappa shape index (κ1) is 13.9. The molecule has 1 heterocycles. The quantitative estimate of drug-likeness (QED) is 0.692. The summed E-state index contributed by atoms with van der Waals surface area (Å²) in [6.45, 7) is 0.620. The van der Waals surface area contributed by atoms with Gasteiger partial charge in [-0.2, -0.15) is 12.6 Å². The normalized spacial score (nSPS) is 13.0. The van der Waals surface area contributed by atoms with Crippen LogP contribution in [0.25, 0.3) is 0 Å². The number of rotatable bonds is 6. The second-order valence-electron chi connectivity index (χ2n) is 4.64. The minimum Gasteiger partial charge on any atom is -0.355 e. The number of benzene rings is 1. The average molecular weight is 278 g/mol. The van der Waals surface area contributed by atoms with E-state index < -0.39 is 0 Å². The summed E-state index contributed by atoms with van der Waals surface area (Å²) in [4.78, 5) is 22.7. The maximum absolute atomic E-state index is 11.4. The lowest BCUT2D eigenvalue weighted by molar-refractivity contribution is -0.121. The summed E-state index contributed by atoms with van der Waals surface area (Å²) in [6.07, 6.45) is 2.67. The van der Waals surface area contributed by atoms with Crippen LogP contribution < -0.4 is 10.6 Å². The fourth-order valence-electron chi connectivity index (χ4n) is 2.17. The van der Waals surface area contributed by atoms with E-state index in [1.54, 1.807) is 0 Å². The van der Waals surface area contributed by atoms with Gasteiger partial charge in [-0.25, -0.2) is 0 Å². The highest BCUT2D eigenvalue weighted by Crippen LogP contribution is 2.24. The van der Waals surface area contributed by atoms with Gasteiger partial charge in [0.2, 0.25) is 11.8 Å². The number of nitrogens with one attached hydrogen (secondary N) is 2. The molecule has 2 rings (SSSR count). The standard InChI is InChI=1S/C14H18N2O2S/c17-13(15-6-7-19)3-1-2-10-4-5-12-11(8-10)9-14(18)16-12/h4-5,8,19H,1-3,6-7,9H2,(H,15,17)(H,16,18). The van der Waals surface area contributed by atoms with Crippen molar-refractivity contribution in [2.45, 2.75) is 25.7 Å². The number of hydrogen-bond donors (Lipinski definition) is 3. The summed E-state index contributed by atoms with van der Waals surface area (Å²) < 4.78 is 0. The second kappa shape index (κ2) is 6.61. The molecule has 102 valence electrons. The number of carbonyl (C=O) groups is 2. The largest absolute Gasteiger partial charge is 0.355 e. The lowest BCUT2D eigenvalue weighted by Gasteiger charge is -2.05. The molecule has 19 heavy (non-hydrogen) atoms. The number of thiol groups is 1. The summed E-state index contributed by atoms with van der Waals surface area (Å²) in [6, 6.07) is 6.01. The summed E-state index contributed by atoms with van der Waals surface area (Å²) >= 11 is 4.04. The lowest BCUT2D eigenvalue weighted by atomic mass is 10.0. The molecular formula is C14H18N2O2S. The summed E-state index contributed by atoms with van der Waals surface area (Å²) in [5, 5.41) is 5.61. The molecule has 4 nitrogen and oxygen atoms in total. The first-order valence-corrected chi connectivity index (χ1v) is 7.11. The van der Waals surface area contributed by atoms with Gasteiger partial charge in [-0.05, 0) is 30.0 Å². The van der Waals surface area contributed by atoms with E-state index in [1.807, 2.05) is 12.1 Å². The molecule has 2 N–H and O–H groups in total. The van der Waals surface area contributed by atoms with E-state index in [1.165, 1.54) is 5.56 Å². The Balaban J connectivity index is 1.79. The number of fused-ring (bicyclic) bond motifs is 1. The topological polar surface area (TPSA) is 58.2 Å². The van der Waals surface area contributed by atoms with E-state index >= 15 is 0 Å². The second-order valence-corrected chi connectivity index (χ2v) is 5.09. The molecule has 0 fully saturated rings. The van der Waals surface area contributed by atoms with Crippen LogP contribution in [0, 0.1) is 0 Å². The zero-order chi connectivity index (χ0) is 13.7. The maximum atomic E-state index is 11.4. The molecule has 0 aromatic heterocycles. The zero-order valence-electron chi connectivity index (χ0n) is 10.7. The molecule has 0 atom stereocenters. The predicted molar refractivity (Wildman–Crippen MR) is 78.6 cm³/mol. The molecule has 0 bridgehead atoms. The van der Waals surface area contributed by atoms with Crippen LogP contribution in [-0.2, 0) is 22.4 Å². The van der Waals surface area contributed by atoms with Gasteiger partial charge in [-0.3, -0.25) is 9.59 Å². The Morgan fingerprint density at radius 1 is 1.42 bits per heavy atom. The number of carbonyl (C=O) groups excluding carboxylic acids is 2. The van der Waals surface area contributed by atoms with Crippen LogP contribution in [0.4, 0.5) is 5.69 Å². The molecule has 5 heteroatoms. The molecule has 0 unspecified atom stereocenters. The van der Waals surface area contributed by atoms with Gasteiger partial charge >= 0.3 is 0 Å².